The molecule has 17 heavy (non-hydrogen) atoms. The first-order chi connectivity index (χ1) is 7.69. The van der Waals surface area contributed by atoms with Crippen LogP contribution < -0.4 is 0 Å². The molecule has 0 fully saturated rings. The number of hydrogen-bond acceptors (Lipinski definition) is 2. The summed E-state index contributed by atoms with van der Waals surface area (Å²) in [5, 5.41) is 1.07. The maximum Gasteiger partial charge on any atom is 0.312 e. The van der Waals surface area contributed by atoms with Gasteiger partial charge in [-0.1, -0.05) is 35.2 Å². The van der Waals surface area contributed by atoms with E-state index in [0.717, 1.165) is 18.2 Å². The van der Waals surface area contributed by atoms with Gasteiger partial charge in [0.05, 0.1) is 5.41 Å². The molecule has 0 radical (unpaired) electrons. The lowest BCUT2D eigenvalue weighted by Crippen LogP contribution is -2.33. The largest absolute Gasteiger partial charge is 0.460 e. The van der Waals surface area contributed by atoms with E-state index in [2.05, 4.69) is 15.9 Å². The van der Waals surface area contributed by atoms with Crippen molar-refractivity contribution in [2.24, 2.45) is 5.41 Å². The third kappa shape index (κ3) is 8.64. The van der Waals surface area contributed by atoms with Gasteiger partial charge in [0.1, 0.15) is 5.60 Å². The van der Waals surface area contributed by atoms with Crippen molar-refractivity contribution in [3.8, 4) is 0 Å². The lowest BCUT2D eigenvalue weighted by atomic mass is 9.86. The van der Waals surface area contributed by atoms with Crippen LogP contribution in [-0.2, 0) is 9.53 Å². The summed E-state index contributed by atoms with van der Waals surface area (Å²) in [7, 11) is 0. The molecule has 0 aromatic rings. The number of esters is 1. The molecule has 0 heterocycles. The number of halogens is 1. The molecule has 0 spiro atoms. The first kappa shape index (κ1) is 16.9. The number of rotatable bonds is 7. The summed E-state index contributed by atoms with van der Waals surface area (Å²) in [5.41, 5.74) is -0.744. The molecule has 0 aliphatic rings. The van der Waals surface area contributed by atoms with E-state index in [-0.39, 0.29) is 17.0 Å². The minimum atomic E-state index is -0.385. The van der Waals surface area contributed by atoms with Crippen LogP contribution in [0.15, 0.2) is 0 Å². The second kappa shape index (κ2) is 7.40. The lowest BCUT2D eigenvalue weighted by Gasteiger charge is -2.28. The highest BCUT2D eigenvalue weighted by molar-refractivity contribution is 9.09. The highest BCUT2D eigenvalue weighted by atomic mass is 79.9. The van der Waals surface area contributed by atoms with Gasteiger partial charge in [0.2, 0.25) is 0 Å². The highest BCUT2D eigenvalue weighted by Crippen LogP contribution is 2.27. The second-order valence-electron chi connectivity index (χ2n) is 6.24. The zero-order valence-corrected chi connectivity index (χ0v) is 13.5. The summed E-state index contributed by atoms with van der Waals surface area (Å²) < 4.78 is 5.43. The maximum absolute atomic E-state index is 12.0. The zero-order chi connectivity index (χ0) is 13.5. The van der Waals surface area contributed by atoms with Gasteiger partial charge in [0.15, 0.2) is 0 Å². The van der Waals surface area contributed by atoms with Crippen LogP contribution in [0, 0.1) is 5.41 Å². The average Bonchev–Trinajstić information content (AvgIpc) is 2.14. The van der Waals surface area contributed by atoms with Crippen LogP contribution in [0.5, 0.6) is 0 Å². The molecule has 0 bridgehead atoms. The minimum absolute atomic E-state index is 0.0782. The van der Waals surface area contributed by atoms with Crippen LogP contribution in [-0.4, -0.2) is 16.9 Å². The molecule has 0 N–H and O–H groups in total. The highest BCUT2D eigenvalue weighted by Gasteiger charge is 2.31. The lowest BCUT2D eigenvalue weighted by molar-refractivity contribution is -0.166. The molecule has 0 saturated carbocycles. The number of alkyl halides is 1. The van der Waals surface area contributed by atoms with Gasteiger partial charge in [0, 0.05) is 5.33 Å². The molecule has 0 aliphatic carbocycles. The van der Waals surface area contributed by atoms with E-state index in [1.807, 2.05) is 34.6 Å². The van der Waals surface area contributed by atoms with Crippen molar-refractivity contribution in [3.05, 3.63) is 0 Å². The molecule has 0 unspecified atom stereocenters. The molecule has 0 aliphatic heterocycles. The Kier molecular flexibility index (Phi) is 7.38. The van der Waals surface area contributed by atoms with Gasteiger partial charge in [-0.15, -0.1) is 0 Å². The number of carbonyl (C=O) groups is 1. The first-order valence-electron chi connectivity index (χ1n) is 6.48. The maximum atomic E-state index is 12.0. The topological polar surface area (TPSA) is 26.3 Å². The Balaban J connectivity index is 3.97. The molecule has 0 amide bonds. The Morgan fingerprint density at radius 3 is 2.00 bits per heavy atom. The Bertz CT molecular complexity index is 229. The summed E-state index contributed by atoms with van der Waals surface area (Å²) in [4.78, 5) is 12.0. The fraction of sp³-hybridized carbons (Fsp3) is 0.929. The summed E-state index contributed by atoms with van der Waals surface area (Å²) in [6, 6.07) is 0. The van der Waals surface area contributed by atoms with Gasteiger partial charge in [0.25, 0.3) is 0 Å². The third-order valence-electron chi connectivity index (χ3n) is 2.64. The molecule has 3 heteroatoms. The number of ether oxygens (including phenoxy) is 1. The second-order valence-corrected chi connectivity index (χ2v) is 7.03. The minimum Gasteiger partial charge on any atom is -0.460 e. The number of unbranched alkanes of at least 4 members (excludes halogenated alkanes) is 3. The smallest absolute Gasteiger partial charge is 0.312 e. The Hall–Kier alpha value is -0.0500. The van der Waals surface area contributed by atoms with Crippen LogP contribution in [0.25, 0.3) is 0 Å². The fourth-order valence-electron chi connectivity index (χ4n) is 1.53. The van der Waals surface area contributed by atoms with E-state index < -0.39 is 0 Å². The number of hydrogen-bond donors (Lipinski definition) is 0. The van der Waals surface area contributed by atoms with Gasteiger partial charge in [-0.25, -0.2) is 0 Å². The molecule has 0 aromatic carbocycles. The van der Waals surface area contributed by atoms with E-state index >= 15 is 0 Å². The molecule has 2 nitrogen and oxygen atoms in total. The quantitative estimate of drug-likeness (QED) is 0.387. The van der Waals surface area contributed by atoms with Crippen molar-refractivity contribution in [3.63, 3.8) is 0 Å². The summed E-state index contributed by atoms with van der Waals surface area (Å²) >= 11 is 3.42. The van der Waals surface area contributed by atoms with Gasteiger partial charge in [-0.05, 0) is 47.5 Å². The van der Waals surface area contributed by atoms with Crippen LogP contribution >= 0.6 is 15.9 Å². The van der Waals surface area contributed by atoms with Crippen molar-refractivity contribution in [1.82, 2.24) is 0 Å². The van der Waals surface area contributed by atoms with Gasteiger partial charge in [-0.3, -0.25) is 4.79 Å². The molecule has 0 saturated heterocycles. The first-order valence-corrected chi connectivity index (χ1v) is 7.60. The van der Waals surface area contributed by atoms with Gasteiger partial charge in [-0.2, -0.15) is 0 Å². The van der Waals surface area contributed by atoms with E-state index in [0.29, 0.717) is 0 Å². The summed E-state index contributed by atoms with van der Waals surface area (Å²) in [6.07, 6.45) is 5.64. The van der Waals surface area contributed by atoms with Crippen molar-refractivity contribution in [2.45, 2.75) is 72.3 Å². The number of carbonyl (C=O) groups excluding carboxylic acids is 1. The van der Waals surface area contributed by atoms with Crippen molar-refractivity contribution in [1.29, 1.82) is 0 Å². The predicted octanol–water partition coefficient (Wildman–Crippen LogP) is 4.70. The Labute approximate surface area is 115 Å². The molecule has 0 atom stereocenters. The van der Waals surface area contributed by atoms with E-state index in [4.69, 9.17) is 4.74 Å². The van der Waals surface area contributed by atoms with Gasteiger partial charge >= 0.3 is 5.97 Å². The molecule has 0 aromatic heterocycles. The molecule has 102 valence electrons. The van der Waals surface area contributed by atoms with Crippen molar-refractivity contribution >= 4 is 21.9 Å². The van der Waals surface area contributed by atoms with E-state index in [9.17, 15) is 4.79 Å². The average molecular weight is 307 g/mol. The molecule has 0 rings (SSSR count). The fourth-order valence-corrected chi connectivity index (χ4v) is 1.93. The van der Waals surface area contributed by atoms with E-state index in [1.165, 1.54) is 19.3 Å². The molecular weight excluding hydrogens is 280 g/mol. The third-order valence-corrected chi connectivity index (χ3v) is 3.20. The normalized spacial score (nSPS) is 12.6. The standard InChI is InChI=1S/C14H27BrO2/c1-13(2,3)17-12(16)14(4,5)10-8-6-7-9-11-15/h6-11H2,1-5H3. The van der Waals surface area contributed by atoms with Crippen LogP contribution in [0.3, 0.4) is 0 Å². The van der Waals surface area contributed by atoms with Gasteiger partial charge < -0.3 is 4.74 Å². The monoisotopic (exact) mass is 306 g/mol. The Morgan fingerprint density at radius 1 is 1.00 bits per heavy atom. The van der Waals surface area contributed by atoms with Crippen LogP contribution in [0.2, 0.25) is 0 Å². The SMILES string of the molecule is CC(C)(C)OC(=O)C(C)(C)CCCCCCBr. The predicted molar refractivity (Wildman–Crippen MR) is 76.5 cm³/mol. The van der Waals surface area contributed by atoms with Crippen molar-refractivity contribution in [2.75, 3.05) is 5.33 Å². The summed E-state index contributed by atoms with van der Waals surface area (Å²) in [6.45, 7) is 9.70. The van der Waals surface area contributed by atoms with Crippen LogP contribution in [0.1, 0.15) is 66.7 Å². The van der Waals surface area contributed by atoms with Crippen LogP contribution in [0.4, 0.5) is 0 Å². The molecular formula is C14H27BrO2. The summed E-state index contributed by atoms with van der Waals surface area (Å²) in [5.74, 6) is -0.0782. The van der Waals surface area contributed by atoms with E-state index in [1.54, 1.807) is 0 Å². The zero-order valence-electron chi connectivity index (χ0n) is 11.9. The Morgan fingerprint density at radius 2 is 1.53 bits per heavy atom. The van der Waals surface area contributed by atoms with Crippen molar-refractivity contribution < 1.29 is 9.53 Å².